The standard InChI is InChI=1S/C53H34N2O/c1-3-13-36(14-4-1)44-20-9-10-23-48(44)55(41-31-27-37(28-32-41)43-21-11-18-35-15-7-8-19-42(35)43)49-24-12-22-46-45(49)33-29-38-25-26-39-30-34-47-52(51(39)50(38)46)56-53(54-47)40-16-5-2-6-17-40/h1-34H. The van der Waals surface area contributed by atoms with Gasteiger partial charge in [0.05, 0.1) is 11.4 Å². The SMILES string of the molecule is c1ccc(-c2nc3ccc4ccc5ccc6c(N(c7ccc(-c8cccc9ccccc89)cc7)c7ccccc7-c7ccccc7)cccc6c5c4c3o2)cc1. The number of fused-ring (bicyclic) bond motifs is 8. The highest BCUT2D eigenvalue weighted by Gasteiger charge is 2.21. The summed E-state index contributed by atoms with van der Waals surface area (Å²) in [4.78, 5) is 7.38. The monoisotopic (exact) mass is 714 g/mol. The molecule has 56 heavy (non-hydrogen) atoms. The highest BCUT2D eigenvalue weighted by molar-refractivity contribution is 6.27. The molecule has 3 nitrogen and oxygen atoms in total. The maximum atomic E-state index is 6.66. The lowest BCUT2D eigenvalue weighted by atomic mass is 9.94. The number of oxazole rings is 1. The summed E-state index contributed by atoms with van der Waals surface area (Å²) < 4.78 is 6.66. The molecule has 0 fully saturated rings. The lowest BCUT2D eigenvalue weighted by molar-refractivity contribution is 0.623. The molecule has 0 spiro atoms. The molecule has 11 aromatic rings. The molecule has 262 valence electrons. The Kier molecular flexibility index (Phi) is 7.49. The fraction of sp³-hybridized carbons (Fsp3) is 0. The molecule has 0 amide bonds. The van der Waals surface area contributed by atoms with Gasteiger partial charge in [-0.2, -0.15) is 0 Å². The van der Waals surface area contributed by atoms with E-state index in [1.807, 2.05) is 30.3 Å². The van der Waals surface area contributed by atoms with E-state index in [0.29, 0.717) is 5.89 Å². The Bertz CT molecular complexity index is 3230. The Labute approximate surface area is 324 Å². The summed E-state index contributed by atoms with van der Waals surface area (Å²) in [6.45, 7) is 0. The largest absolute Gasteiger partial charge is 0.435 e. The normalized spacial score (nSPS) is 11.6. The molecule has 0 atom stereocenters. The zero-order valence-corrected chi connectivity index (χ0v) is 30.4. The second kappa shape index (κ2) is 13.1. The van der Waals surface area contributed by atoms with Crippen LogP contribution in [0.15, 0.2) is 211 Å². The summed E-state index contributed by atoms with van der Waals surface area (Å²) in [5, 5.41) is 9.30. The van der Waals surface area contributed by atoms with E-state index in [0.717, 1.165) is 71.6 Å². The van der Waals surface area contributed by atoms with Gasteiger partial charge in [-0.05, 0) is 86.1 Å². The molecule has 0 unspecified atom stereocenters. The number of anilines is 3. The van der Waals surface area contributed by atoms with Crippen LogP contribution < -0.4 is 4.90 Å². The van der Waals surface area contributed by atoms with E-state index >= 15 is 0 Å². The zero-order valence-electron chi connectivity index (χ0n) is 30.4. The van der Waals surface area contributed by atoms with Crippen molar-refractivity contribution in [1.82, 2.24) is 4.98 Å². The highest BCUT2D eigenvalue weighted by atomic mass is 16.3. The first kappa shape index (κ1) is 32.0. The zero-order chi connectivity index (χ0) is 37.0. The number of hydrogen-bond acceptors (Lipinski definition) is 3. The Balaban J connectivity index is 1.16. The first-order valence-electron chi connectivity index (χ1n) is 19.0. The minimum absolute atomic E-state index is 0.627. The van der Waals surface area contributed by atoms with E-state index in [-0.39, 0.29) is 0 Å². The maximum absolute atomic E-state index is 6.66. The van der Waals surface area contributed by atoms with Crippen molar-refractivity contribution in [1.29, 1.82) is 0 Å². The lowest BCUT2D eigenvalue weighted by Crippen LogP contribution is -2.11. The fourth-order valence-electron chi connectivity index (χ4n) is 8.46. The van der Waals surface area contributed by atoms with Crippen LogP contribution in [-0.2, 0) is 0 Å². The van der Waals surface area contributed by atoms with Crippen LogP contribution in [0.25, 0.3) is 87.9 Å². The van der Waals surface area contributed by atoms with Crippen molar-refractivity contribution in [2.45, 2.75) is 0 Å². The molecule has 0 aliphatic rings. The number of benzene rings is 10. The van der Waals surface area contributed by atoms with Gasteiger partial charge in [-0.15, -0.1) is 0 Å². The van der Waals surface area contributed by atoms with Crippen LogP contribution in [0, 0.1) is 0 Å². The van der Waals surface area contributed by atoms with Gasteiger partial charge in [0, 0.05) is 33.0 Å². The molecule has 0 radical (unpaired) electrons. The molecule has 3 heteroatoms. The highest BCUT2D eigenvalue weighted by Crippen LogP contribution is 2.46. The van der Waals surface area contributed by atoms with Gasteiger partial charge in [0.1, 0.15) is 5.52 Å². The number of para-hydroxylation sites is 1. The lowest BCUT2D eigenvalue weighted by Gasteiger charge is -2.29. The minimum atomic E-state index is 0.627. The van der Waals surface area contributed by atoms with E-state index in [9.17, 15) is 0 Å². The summed E-state index contributed by atoms with van der Waals surface area (Å²) >= 11 is 0. The molecule has 1 aromatic heterocycles. The fourth-order valence-corrected chi connectivity index (χ4v) is 8.46. The van der Waals surface area contributed by atoms with Crippen LogP contribution in [0.4, 0.5) is 17.1 Å². The van der Waals surface area contributed by atoms with Crippen molar-refractivity contribution in [2.24, 2.45) is 0 Å². The summed E-state index contributed by atoms with van der Waals surface area (Å²) in [5.41, 5.74) is 10.6. The van der Waals surface area contributed by atoms with E-state index in [1.165, 1.54) is 27.5 Å². The van der Waals surface area contributed by atoms with Gasteiger partial charge in [0.25, 0.3) is 0 Å². The number of rotatable bonds is 6. The van der Waals surface area contributed by atoms with Crippen LogP contribution in [-0.4, -0.2) is 4.98 Å². The van der Waals surface area contributed by atoms with Gasteiger partial charge in [-0.25, -0.2) is 4.98 Å². The molecule has 1 heterocycles. The van der Waals surface area contributed by atoms with Crippen LogP contribution in [0.1, 0.15) is 0 Å². The predicted octanol–water partition coefficient (Wildman–Crippen LogP) is 14.9. The van der Waals surface area contributed by atoms with Gasteiger partial charge in [0.2, 0.25) is 5.89 Å². The summed E-state index contributed by atoms with van der Waals surface area (Å²) in [5.74, 6) is 0.627. The van der Waals surface area contributed by atoms with Crippen LogP contribution >= 0.6 is 0 Å². The first-order valence-corrected chi connectivity index (χ1v) is 19.0. The maximum Gasteiger partial charge on any atom is 0.227 e. The molecule has 0 N–H and O–H groups in total. The van der Waals surface area contributed by atoms with Crippen molar-refractivity contribution in [2.75, 3.05) is 4.90 Å². The molecular formula is C53H34N2O. The Morgan fingerprint density at radius 2 is 0.946 bits per heavy atom. The van der Waals surface area contributed by atoms with Crippen molar-refractivity contribution in [3.05, 3.63) is 206 Å². The molecule has 0 aliphatic heterocycles. The molecule has 0 aliphatic carbocycles. The number of nitrogens with zero attached hydrogens (tertiary/aromatic N) is 2. The second-order valence-electron chi connectivity index (χ2n) is 14.3. The van der Waals surface area contributed by atoms with Crippen molar-refractivity contribution in [3.8, 4) is 33.7 Å². The van der Waals surface area contributed by atoms with Gasteiger partial charge in [0.15, 0.2) is 5.58 Å². The molecular weight excluding hydrogens is 681 g/mol. The van der Waals surface area contributed by atoms with Crippen LogP contribution in [0.5, 0.6) is 0 Å². The van der Waals surface area contributed by atoms with Gasteiger partial charge >= 0.3 is 0 Å². The van der Waals surface area contributed by atoms with Crippen molar-refractivity contribution >= 4 is 71.3 Å². The average Bonchev–Trinajstić information content (AvgIpc) is 3.72. The quantitative estimate of drug-likeness (QED) is 0.161. The molecule has 10 aromatic carbocycles. The topological polar surface area (TPSA) is 29.3 Å². The molecule has 0 saturated heterocycles. The smallest absolute Gasteiger partial charge is 0.227 e. The first-order chi connectivity index (χ1) is 27.8. The van der Waals surface area contributed by atoms with Gasteiger partial charge in [-0.3, -0.25) is 0 Å². The third kappa shape index (κ3) is 5.25. The summed E-state index contributed by atoms with van der Waals surface area (Å²) in [6.07, 6.45) is 0. The molecule has 0 saturated carbocycles. The van der Waals surface area contributed by atoms with Crippen LogP contribution in [0.3, 0.4) is 0 Å². The third-order valence-electron chi connectivity index (χ3n) is 11.1. The number of hydrogen-bond donors (Lipinski definition) is 0. The molecule has 11 rings (SSSR count). The Morgan fingerprint density at radius 1 is 0.357 bits per heavy atom. The third-order valence-corrected chi connectivity index (χ3v) is 11.1. The second-order valence-corrected chi connectivity index (χ2v) is 14.3. The van der Waals surface area contributed by atoms with E-state index in [4.69, 9.17) is 9.40 Å². The van der Waals surface area contributed by atoms with E-state index < -0.39 is 0 Å². The minimum Gasteiger partial charge on any atom is -0.435 e. The van der Waals surface area contributed by atoms with Gasteiger partial charge in [-0.1, -0.05) is 164 Å². The molecule has 0 bridgehead atoms. The number of aromatic nitrogens is 1. The van der Waals surface area contributed by atoms with Gasteiger partial charge < -0.3 is 9.32 Å². The van der Waals surface area contributed by atoms with E-state index in [1.54, 1.807) is 0 Å². The predicted molar refractivity (Wildman–Crippen MR) is 235 cm³/mol. The summed E-state index contributed by atoms with van der Waals surface area (Å²) in [6, 6.07) is 73.6. The van der Waals surface area contributed by atoms with E-state index in [2.05, 4.69) is 181 Å². The van der Waals surface area contributed by atoms with Crippen molar-refractivity contribution < 1.29 is 4.42 Å². The summed E-state index contributed by atoms with van der Waals surface area (Å²) in [7, 11) is 0. The Morgan fingerprint density at radius 3 is 1.79 bits per heavy atom. The van der Waals surface area contributed by atoms with Crippen LogP contribution in [0.2, 0.25) is 0 Å². The average molecular weight is 715 g/mol. The van der Waals surface area contributed by atoms with Crippen molar-refractivity contribution in [3.63, 3.8) is 0 Å². The Hall–Kier alpha value is -7.49.